The van der Waals surface area contributed by atoms with Crippen LogP contribution in [0.25, 0.3) is 0 Å². The molecule has 0 spiro atoms. The van der Waals surface area contributed by atoms with Crippen LogP contribution in [0.2, 0.25) is 0 Å². The number of likely N-dealkylation sites (N-methyl/N-ethyl adjacent to an activating group) is 1. The molecule has 0 aliphatic heterocycles. The lowest BCUT2D eigenvalue weighted by atomic mass is 10.1. The molecule has 2 rings (SSSR count). The van der Waals surface area contributed by atoms with E-state index in [9.17, 15) is 9.59 Å². The number of benzene rings is 2. The molecule has 144 valence electrons. The van der Waals surface area contributed by atoms with Gasteiger partial charge in [0, 0.05) is 19.3 Å². The quantitative estimate of drug-likeness (QED) is 0.755. The van der Waals surface area contributed by atoms with Gasteiger partial charge in [-0.1, -0.05) is 54.1 Å². The maximum absolute atomic E-state index is 12.9. The standard InChI is InChI=1S/C22H28N2O2S/c1-16-8-7-10-19(12-16)14-27-15-21(25)24(18(3)22(26)23-4)13-20-11-6-5-9-17(20)2/h5-12,18H,13-15H2,1-4H3,(H,23,26). The van der Waals surface area contributed by atoms with Gasteiger partial charge in [0.25, 0.3) is 0 Å². The first-order valence-electron chi connectivity index (χ1n) is 9.11. The van der Waals surface area contributed by atoms with Crippen LogP contribution in [0.1, 0.15) is 29.2 Å². The van der Waals surface area contributed by atoms with E-state index in [-0.39, 0.29) is 11.8 Å². The van der Waals surface area contributed by atoms with Crippen LogP contribution in [-0.4, -0.2) is 35.6 Å². The summed E-state index contributed by atoms with van der Waals surface area (Å²) in [7, 11) is 1.60. The fourth-order valence-electron chi connectivity index (χ4n) is 2.90. The van der Waals surface area contributed by atoms with E-state index in [4.69, 9.17) is 0 Å². The summed E-state index contributed by atoms with van der Waals surface area (Å²) in [5, 5.41) is 2.65. The number of thioether (sulfide) groups is 1. The molecule has 2 aromatic rings. The molecular formula is C22H28N2O2S. The Morgan fingerprint density at radius 2 is 1.85 bits per heavy atom. The molecule has 0 heterocycles. The maximum atomic E-state index is 12.9. The normalized spacial score (nSPS) is 11.7. The van der Waals surface area contributed by atoms with Crippen molar-refractivity contribution < 1.29 is 9.59 Å². The highest BCUT2D eigenvalue weighted by atomic mass is 32.2. The Balaban J connectivity index is 2.06. The fraction of sp³-hybridized carbons (Fsp3) is 0.364. The van der Waals surface area contributed by atoms with Crippen LogP contribution in [0, 0.1) is 13.8 Å². The Bertz CT molecular complexity index is 791. The SMILES string of the molecule is CNC(=O)C(C)N(Cc1ccccc1C)C(=O)CSCc1cccc(C)c1. The van der Waals surface area contributed by atoms with Gasteiger partial charge in [0.15, 0.2) is 0 Å². The largest absolute Gasteiger partial charge is 0.357 e. The third-order valence-corrected chi connectivity index (χ3v) is 5.58. The Kier molecular flexibility index (Phi) is 7.92. The van der Waals surface area contributed by atoms with Crippen LogP contribution >= 0.6 is 11.8 Å². The van der Waals surface area contributed by atoms with Gasteiger partial charge in [0.2, 0.25) is 11.8 Å². The average molecular weight is 385 g/mol. The fourth-order valence-corrected chi connectivity index (χ4v) is 3.76. The Morgan fingerprint density at radius 1 is 1.11 bits per heavy atom. The van der Waals surface area contributed by atoms with Crippen LogP contribution in [0.4, 0.5) is 0 Å². The number of carbonyl (C=O) groups is 2. The molecule has 2 amide bonds. The zero-order chi connectivity index (χ0) is 19.8. The molecule has 1 N–H and O–H groups in total. The van der Waals surface area contributed by atoms with Crippen molar-refractivity contribution in [3.63, 3.8) is 0 Å². The van der Waals surface area contributed by atoms with Gasteiger partial charge in [-0.15, -0.1) is 11.8 Å². The van der Waals surface area contributed by atoms with Gasteiger partial charge in [-0.05, 0) is 37.5 Å². The van der Waals surface area contributed by atoms with Gasteiger partial charge in [-0.3, -0.25) is 9.59 Å². The summed E-state index contributed by atoms with van der Waals surface area (Å²) in [4.78, 5) is 26.7. The van der Waals surface area contributed by atoms with Gasteiger partial charge in [0.1, 0.15) is 6.04 Å². The van der Waals surface area contributed by atoms with Crippen molar-refractivity contribution in [2.24, 2.45) is 0 Å². The number of nitrogens with zero attached hydrogens (tertiary/aromatic N) is 1. The molecule has 0 saturated heterocycles. The maximum Gasteiger partial charge on any atom is 0.242 e. The Hall–Kier alpha value is -2.27. The monoisotopic (exact) mass is 384 g/mol. The molecular weight excluding hydrogens is 356 g/mol. The summed E-state index contributed by atoms with van der Waals surface area (Å²) in [5.74, 6) is 0.953. The molecule has 0 bridgehead atoms. The topological polar surface area (TPSA) is 49.4 Å². The highest BCUT2D eigenvalue weighted by Crippen LogP contribution is 2.18. The molecule has 1 unspecified atom stereocenters. The molecule has 2 aromatic carbocycles. The molecule has 1 atom stereocenters. The van der Waals surface area contributed by atoms with Gasteiger partial charge in [-0.25, -0.2) is 0 Å². The third kappa shape index (κ3) is 6.14. The Labute approximate surface area is 166 Å². The van der Waals surface area contributed by atoms with Gasteiger partial charge in [-0.2, -0.15) is 0 Å². The molecule has 0 aliphatic carbocycles. The lowest BCUT2D eigenvalue weighted by Crippen LogP contribution is -2.47. The summed E-state index contributed by atoms with van der Waals surface area (Å²) < 4.78 is 0. The average Bonchev–Trinajstić information content (AvgIpc) is 2.66. The van der Waals surface area contributed by atoms with Crippen LogP contribution in [0.5, 0.6) is 0 Å². The van der Waals surface area contributed by atoms with Crippen molar-refractivity contribution >= 4 is 23.6 Å². The van der Waals surface area contributed by atoms with Crippen molar-refractivity contribution in [1.29, 1.82) is 0 Å². The van der Waals surface area contributed by atoms with E-state index in [0.717, 1.165) is 16.9 Å². The molecule has 0 radical (unpaired) electrons. The van der Waals surface area contributed by atoms with Gasteiger partial charge < -0.3 is 10.2 Å². The summed E-state index contributed by atoms with van der Waals surface area (Å²) in [6.45, 7) is 6.30. The molecule has 0 saturated carbocycles. The number of hydrogen-bond donors (Lipinski definition) is 1. The second-order valence-corrected chi connectivity index (χ2v) is 7.71. The van der Waals surface area contributed by atoms with E-state index in [2.05, 4.69) is 30.4 Å². The first kappa shape index (κ1) is 21.0. The lowest BCUT2D eigenvalue weighted by Gasteiger charge is -2.29. The minimum absolute atomic E-state index is 0.0213. The van der Waals surface area contributed by atoms with Crippen molar-refractivity contribution in [3.05, 3.63) is 70.8 Å². The van der Waals surface area contributed by atoms with Crippen molar-refractivity contribution in [2.75, 3.05) is 12.8 Å². The summed E-state index contributed by atoms with van der Waals surface area (Å²) in [5.41, 5.74) is 4.60. The smallest absolute Gasteiger partial charge is 0.242 e. The number of carbonyl (C=O) groups excluding carboxylic acids is 2. The molecule has 0 fully saturated rings. The van der Waals surface area contributed by atoms with Crippen LogP contribution < -0.4 is 5.32 Å². The highest BCUT2D eigenvalue weighted by molar-refractivity contribution is 7.99. The van der Waals surface area contributed by atoms with Crippen molar-refractivity contribution in [3.8, 4) is 0 Å². The van der Waals surface area contributed by atoms with Crippen molar-refractivity contribution in [2.45, 2.75) is 39.1 Å². The van der Waals surface area contributed by atoms with E-state index >= 15 is 0 Å². The van der Waals surface area contributed by atoms with Crippen molar-refractivity contribution in [1.82, 2.24) is 10.2 Å². The van der Waals surface area contributed by atoms with E-state index in [0.29, 0.717) is 12.3 Å². The molecule has 0 aliphatic rings. The first-order chi connectivity index (χ1) is 12.9. The zero-order valence-corrected chi connectivity index (χ0v) is 17.3. The summed E-state index contributed by atoms with van der Waals surface area (Å²) >= 11 is 1.58. The highest BCUT2D eigenvalue weighted by Gasteiger charge is 2.25. The van der Waals surface area contributed by atoms with E-state index < -0.39 is 6.04 Å². The lowest BCUT2D eigenvalue weighted by molar-refractivity contribution is -0.138. The van der Waals surface area contributed by atoms with E-state index in [1.807, 2.05) is 37.3 Å². The van der Waals surface area contributed by atoms with Gasteiger partial charge in [0.05, 0.1) is 5.75 Å². The van der Waals surface area contributed by atoms with E-state index in [1.165, 1.54) is 11.1 Å². The van der Waals surface area contributed by atoms with Crippen LogP contribution in [-0.2, 0) is 21.9 Å². The zero-order valence-electron chi connectivity index (χ0n) is 16.5. The number of aryl methyl sites for hydroxylation is 2. The Morgan fingerprint density at radius 3 is 2.52 bits per heavy atom. The molecule has 0 aromatic heterocycles. The minimum Gasteiger partial charge on any atom is -0.357 e. The minimum atomic E-state index is -0.512. The summed E-state index contributed by atoms with van der Waals surface area (Å²) in [6, 6.07) is 15.8. The molecule has 27 heavy (non-hydrogen) atoms. The number of hydrogen-bond acceptors (Lipinski definition) is 3. The predicted octanol–water partition coefficient (Wildman–Crippen LogP) is 3.70. The second kappa shape index (κ2) is 10.2. The third-order valence-electron chi connectivity index (χ3n) is 4.59. The molecule has 4 nitrogen and oxygen atoms in total. The predicted molar refractivity (Wildman–Crippen MR) is 113 cm³/mol. The summed E-state index contributed by atoms with van der Waals surface area (Å²) in [6.07, 6.45) is 0. The van der Waals surface area contributed by atoms with Crippen LogP contribution in [0.15, 0.2) is 48.5 Å². The second-order valence-electron chi connectivity index (χ2n) is 6.72. The van der Waals surface area contributed by atoms with Gasteiger partial charge >= 0.3 is 0 Å². The number of amides is 2. The first-order valence-corrected chi connectivity index (χ1v) is 10.3. The van der Waals surface area contributed by atoms with Crippen LogP contribution in [0.3, 0.4) is 0 Å². The molecule has 5 heteroatoms. The number of nitrogens with one attached hydrogen (secondary N) is 1. The number of rotatable bonds is 8. The van der Waals surface area contributed by atoms with E-state index in [1.54, 1.807) is 30.6 Å².